The molecule has 0 aliphatic carbocycles. The maximum absolute atomic E-state index is 11.8. The van der Waals surface area contributed by atoms with Gasteiger partial charge in [-0.05, 0) is 35.4 Å². The third kappa shape index (κ3) is 1.91. The molecule has 0 saturated heterocycles. The van der Waals surface area contributed by atoms with Gasteiger partial charge in [0.25, 0.3) is 0 Å². The predicted octanol–water partition coefficient (Wildman–Crippen LogP) is 2.20. The van der Waals surface area contributed by atoms with Gasteiger partial charge < -0.3 is 0 Å². The first-order valence-corrected chi connectivity index (χ1v) is 7.57. The average molecular weight is 283 g/mol. The molecular formula is C15H9NO3S. The molecule has 0 N–H and O–H groups in total. The lowest BCUT2D eigenvalue weighted by molar-refractivity contribution is 0.102. The number of benzene rings is 2. The summed E-state index contributed by atoms with van der Waals surface area (Å²) in [6, 6.07) is 13.7. The topological polar surface area (TPSA) is 75.0 Å². The predicted molar refractivity (Wildman–Crippen MR) is 73.0 cm³/mol. The van der Waals surface area contributed by atoms with Crippen molar-refractivity contribution in [1.82, 2.24) is 0 Å². The first-order chi connectivity index (χ1) is 9.51. The van der Waals surface area contributed by atoms with Gasteiger partial charge in [-0.15, -0.1) is 0 Å². The molecule has 98 valence electrons. The number of nitrogens with zero attached hydrogens (tertiary/aromatic N) is 1. The van der Waals surface area contributed by atoms with Crippen LogP contribution in [0.25, 0.3) is 11.1 Å². The minimum Gasteiger partial charge on any atom is -0.293 e. The van der Waals surface area contributed by atoms with E-state index in [4.69, 9.17) is 5.26 Å². The van der Waals surface area contributed by atoms with Crippen LogP contribution in [-0.2, 0) is 9.84 Å². The van der Waals surface area contributed by atoms with Gasteiger partial charge in [0.15, 0.2) is 15.6 Å². The summed E-state index contributed by atoms with van der Waals surface area (Å²) in [5, 5.41) is 8.89. The molecular weight excluding hydrogens is 274 g/mol. The van der Waals surface area contributed by atoms with Crippen LogP contribution in [0.5, 0.6) is 0 Å². The highest BCUT2D eigenvalue weighted by molar-refractivity contribution is 7.92. The van der Waals surface area contributed by atoms with Crippen molar-refractivity contribution < 1.29 is 13.2 Å². The highest BCUT2D eigenvalue weighted by atomic mass is 32.2. The van der Waals surface area contributed by atoms with Crippen LogP contribution in [0.1, 0.15) is 15.9 Å². The Morgan fingerprint density at radius 3 is 2.55 bits per heavy atom. The third-order valence-electron chi connectivity index (χ3n) is 3.26. The number of fused-ring (bicyclic) bond motifs is 1. The average Bonchev–Trinajstić information content (AvgIpc) is 2.68. The van der Waals surface area contributed by atoms with Gasteiger partial charge in [-0.25, -0.2) is 8.42 Å². The number of ketones is 1. The molecule has 1 heterocycles. The van der Waals surface area contributed by atoms with Crippen LogP contribution in [0.15, 0.2) is 47.4 Å². The summed E-state index contributed by atoms with van der Waals surface area (Å²) in [5.74, 6) is -0.831. The standard InChI is InChI=1S/C15H9NO3S/c16-8-10-2-1-3-11(6-10)12-4-5-15-13(7-12)14(17)9-20(15,18)19/h1-7H,9H2. The SMILES string of the molecule is N#Cc1cccc(-c2ccc3c(c2)C(=O)CS3(=O)=O)c1. The summed E-state index contributed by atoms with van der Waals surface area (Å²) in [4.78, 5) is 11.9. The summed E-state index contributed by atoms with van der Waals surface area (Å²) < 4.78 is 23.5. The number of carbonyl (C=O) groups excluding carboxylic acids is 1. The Labute approximate surface area is 116 Å². The van der Waals surface area contributed by atoms with Crippen molar-refractivity contribution in [2.24, 2.45) is 0 Å². The van der Waals surface area contributed by atoms with E-state index in [0.717, 1.165) is 11.1 Å². The maximum Gasteiger partial charge on any atom is 0.186 e. The van der Waals surface area contributed by atoms with Crippen molar-refractivity contribution in [1.29, 1.82) is 5.26 Å². The van der Waals surface area contributed by atoms with E-state index in [0.29, 0.717) is 5.56 Å². The quantitative estimate of drug-likeness (QED) is 0.804. The van der Waals surface area contributed by atoms with Crippen molar-refractivity contribution in [3.05, 3.63) is 53.6 Å². The molecule has 2 aromatic rings. The lowest BCUT2D eigenvalue weighted by Gasteiger charge is -2.04. The molecule has 0 radical (unpaired) electrons. The van der Waals surface area contributed by atoms with Crippen LogP contribution in [0.2, 0.25) is 0 Å². The molecule has 20 heavy (non-hydrogen) atoms. The molecule has 3 rings (SSSR count). The summed E-state index contributed by atoms with van der Waals surface area (Å²) in [6.45, 7) is 0. The Morgan fingerprint density at radius 2 is 1.80 bits per heavy atom. The Kier molecular flexibility index (Phi) is 2.70. The highest BCUT2D eigenvalue weighted by Gasteiger charge is 2.33. The Hall–Kier alpha value is -2.45. The molecule has 0 atom stereocenters. The second-order valence-corrected chi connectivity index (χ2v) is 6.54. The number of carbonyl (C=O) groups is 1. The van der Waals surface area contributed by atoms with Crippen molar-refractivity contribution in [3.8, 4) is 17.2 Å². The van der Waals surface area contributed by atoms with Gasteiger partial charge in [0.05, 0.1) is 16.5 Å². The van der Waals surface area contributed by atoms with Crippen LogP contribution in [0, 0.1) is 11.3 Å². The van der Waals surface area contributed by atoms with E-state index in [-0.39, 0.29) is 16.2 Å². The van der Waals surface area contributed by atoms with Crippen molar-refractivity contribution in [2.45, 2.75) is 4.90 Å². The van der Waals surface area contributed by atoms with Gasteiger partial charge in [-0.2, -0.15) is 5.26 Å². The molecule has 0 aromatic heterocycles. The van der Waals surface area contributed by atoms with Crippen molar-refractivity contribution >= 4 is 15.6 Å². The minimum absolute atomic E-state index is 0.0997. The monoisotopic (exact) mass is 283 g/mol. The maximum atomic E-state index is 11.8. The summed E-state index contributed by atoms with van der Waals surface area (Å²) >= 11 is 0. The van der Waals surface area contributed by atoms with Crippen LogP contribution < -0.4 is 0 Å². The first kappa shape index (κ1) is 12.6. The number of rotatable bonds is 1. The molecule has 0 unspecified atom stereocenters. The van der Waals surface area contributed by atoms with Crippen molar-refractivity contribution in [3.63, 3.8) is 0 Å². The fourth-order valence-electron chi connectivity index (χ4n) is 2.30. The highest BCUT2D eigenvalue weighted by Crippen LogP contribution is 2.30. The van der Waals surface area contributed by atoms with Crippen LogP contribution in [-0.4, -0.2) is 20.0 Å². The van der Waals surface area contributed by atoms with Gasteiger partial charge in [0, 0.05) is 5.56 Å². The molecule has 0 amide bonds. The van der Waals surface area contributed by atoms with Gasteiger partial charge in [0.1, 0.15) is 5.75 Å². The summed E-state index contributed by atoms with van der Waals surface area (Å²) in [7, 11) is -3.47. The molecule has 0 spiro atoms. The zero-order chi connectivity index (χ0) is 14.3. The van der Waals surface area contributed by atoms with Gasteiger partial charge in [0.2, 0.25) is 0 Å². The number of hydrogen-bond donors (Lipinski definition) is 0. The molecule has 5 heteroatoms. The van der Waals surface area contributed by atoms with E-state index in [1.165, 1.54) is 6.07 Å². The molecule has 0 fully saturated rings. The largest absolute Gasteiger partial charge is 0.293 e. The molecule has 0 bridgehead atoms. The lowest BCUT2D eigenvalue weighted by Crippen LogP contribution is -2.03. The van der Waals surface area contributed by atoms with E-state index in [9.17, 15) is 13.2 Å². The van der Waals surface area contributed by atoms with E-state index in [1.807, 2.05) is 12.1 Å². The Balaban J connectivity index is 2.17. The smallest absolute Gasteiger partial charge is 0.186 e. The summed E-state index contributed by atoms with van der Waals surface area (Å²) in [6.07, 6.45) is 0. The van der Waals surface area contributed by atoms with E-state index in [1.54, 1.807) is 30.3 Å². The fraction of sp³-hybridized carbons (Fsp3) is 0.0667. The number of nitriles is 1. The number of sulfone groups is 1. The van der Waals surface area contributed by atoms with Gasteiger partial charge in [-0.1, -0.05) is 18.2 Å². The zero-order valence-electron chi connectivity index (χ0n) is 10.3. The number of Topliss-reactive ketones (excluding diaryl/α,β-unsaturated/α-hetero) is 1. The lowest BCUT2D eigenvalue weighted by atomic mass is 10.0. The van der Waals surface area contributed by atoms with Gasteiger partial charge >= 0.3 is 0 Å². The van der Waals surface area contributed by atoms with E-state index < -0.39 is 15.6 Å². The normalized spacial score (nSPS) is 15.7. The Bertz CT molecular complexity index is 876. The molecule has 1 aliphatic heterocycles. The fourth-order valence-corrected chi connectivity index (χ4v) is 3.73. The molecule has 0 saturated carbocycles. The first-order valence-electron chi connectivity index (χ1n) is 5.92. The minimum atomic E-state index is -3.47. The van der Waals surface area contributed by atoms with Crippen LogP contribution >= 0.6 is 0 Å². The Morgan fingerprint density at radius 1 is 1.05 bits per heavy atom. The third-order valence-corrected chi connectivity index (χ3v) is 4.93. The second kappa shape index (κ2) is 4.29. The van der Waals surface area contributed by atoms with E-state index in [2.05, 4.69) is 0 Å². The zero-order valence-corrected chi connectivity index (χ0v) is 11.1. The van der Waals surface area contributed by atoms with Crippen LogP contribution in [0.3, 0.4) is 0 Å². The second-order valence-electron chi connectivity index (χ2n) is 4.59. The molecule has 2 aromatic carbocycles. The van der Waals surface area contributed by atoms with E-state index >= 15 is 0 Å². The summed E-state index contributed by atoms with van der Waals surface area (Å²) in [5.41, 5.74) is 2.27. The van der Waals surface area contributed by atoms with Crippen LogP contribution in [0.4, 0.5) is 0 Å². The molecule has 1 aliphatic rings. The van der Waals surface area contributed by atoms with Crippen molar-refractivity contribution in [2.75, 3.05) is 5.75 Å². The van der Waals surface area contributed by atoms with Gasteiger partial charge in [-0.3, -0.25) is 4.79 Å². The molecule has 4 nitrogen and oxygen atoms in total. The number of hydrogen-bond acceptors (Lipinski definition) is 4.